The molecule has 0 saturated carbocycles. The molecule has 4 heterocycles. The summed E-state index contributed by atoms with van der Waals surface area (Å²) in [5, 5.41) is 5.75. The number of nitrogens with two attached hydrogens (primary N) is 2. The molecule has 0 saturated heterocycles. The molecule has 8 heteroatoms. The van der Waals surface area contributed by atoms with Crippen LogP contribution >= 0.6 is 11.3 Å². The van der Waals surface area contributed by atoms with E-state index in [2.05, 4.69) is 15.1 Å². The summed E-state index contributed by atoms with van der Waals surface area (Å²) < 4.78 is 2.87. The van der Waals surface area contributed by atoms with E-state index in [0.29, 0.717) is 18.1 Å². The third-order valence-electron chi connectivity index (χ3n) is 3.84. The topological polar surface area (TPSA) is 98.9 Å². The van der Waals surface area contributed by atoms with Gasteiger partial charge in [0.05, 0.1) is 34.3 Å². The normalized spacial score (nSPS) is 11.1. The zero-order valence-electron chi connectivity index (χ0n) is 13.6. The molecule has 0 aromatic carbocycles. The van der Waals surface area contributed by atoms with Gasteiger partial charge in [-0.1, -0.05) is 0 Å². The molecular weight excluding hydrogens is 334 g/mol. The van der Waals surface area contributed by atoms with Crippen LogP contribution in [-0.2, 0) is 13.6 Å². The third kappa shape index (κ3) is 3.04. The van der Waals surface area contributed by atoms with Crippen molar-refractivity contribution in [3.63, 3.8) is 0 Å². The quantitative estimate of drug-likeness (QED) is 0.433. The van der Waals surface area contributed by atoms with Crippen LogP contribution < -0.4 is 16.6 Å². The summed E-state index contributed by atoms with van der Waals surface area (Å²) in [6.07, 6.45) is 5.46. The molecule has 0 unspecified atom stereocenters. The van der Waals surface area contributed by atoms with E-state index in [-0.39, 0.29) is 0 Å². The maximum Gasteiger partial charge on any atom is 0.166 e. The Morgan fingerprint density at radius 2 is 2.16 bits per heavy atom. The fraction of sp³-hybridized carbons (Fsp3) is 0.118. The highest BCUT2D eigenvalue weighted by molar-refractivity contribution is 7.19. The largest absolute Gasteiger partial charge is 0.396 e. The van der Waals surface area contributed by atoms with E-state index in [4.69, 9.17) is 11.6 Å². The third-order valence-corrected chi connectivity index (χ3v) is 4.92. The van der Waals surface area contributed by atoms with Crippen molar-refractivity contribution in [1.29, 1.82) is 0 Å². The lowest BCUT2D eigenvalue weighted by atomic mass is 10.2. The van der Waals surface area contributed by atoms with Gasteiger partial charge >= 0.3 is 0 Å². The molecule has 0 fully saturated rings. The van der Waals surface area contributed by atoms with Gasteiger partial charge in [-0.15, -0.1) is 11.3 Å². The number of anilines is 2. The van der Waals surface area contributed by atoms with Crippen LogP contribution in [0.25, 0.3) is 21.5 Å². The van der Waals surface area contributed by atoms with Gasteiger partial charge in [-0.05, 0) is 30.3 Å². The van der Waals surface area contributed by atoms with Gasteiger partial charge in [0.1, 0.15) is 0 Å². The van der Waals surface area contributed by atoms with Crippen LogP contribution in [0, 0.1) is 0 Å². The SMILES string of the molecule is Cn1cc(-c2ccc(N)c(N(N)Cc3cc4ncccc4s3)n2)cn1. The molecular formula is C17H17N7S. The molecule has 0 bridgehead atoms. The number of hydrogen-bond donors (Lipinski definition) is 2. The number of nitrogens with zero attached hydrogens (tertiary/aromatic N) is 5. The zero-order chi connectivity index (χ0) is 17.4. The number of aromatic nitrogens is 4. The highest BCUT2D eigenvalue weighted by atomic mass is 32.1. The standard InChI is InChI=1S/C17H17N7S/c1-23-9-11(8-21-23)14-5-4-13(18)17(22-14)24(19)10-12-7-15-16(25-12)3-2-6-20-15/h2-9H,10,18-19H2,1H3. The predicted molar refractivity (Wildman–Crippen MR) is 101 cm³/mol. The van der Waals surface area contributed by atoms with Crippen LogP contribution in [0.2, 0.25) is 0 Å². The smallest absolute Gasteiger partial charge is 0.166 e. The van der Waals surface area contributed by atoms with Crippen LogP contribution in [-0.4, -0.2) is 19.7 Å². The Kier molecular flexibility index (Phi) is 3.83. The number of nitrogen functional groups attached to an aromatic ring is 1. The number of rotatable bonds is 4. The molecule has 25 heavy (non-hydrogen) atoms. The predicted octanol–water partition coefficient (Wildman–Crippen LogP) is 2.55. The van der Waals surface area contributed by atoms with Gasteiger partial charge in [0.25, 0.3) is 0 Å². The first-order valence-corrected chi connectivity index (χ1v) is 8.53. The van der Waals surface area contributed by atoms with E-state index in [1.807, 2.05) is 43.6 Å². The second-order valence-electron chi connectivity index (χ2n) is 5.74. The first-order valence-electron chi connectivity index (χ1n) is 7.71. The van der Waals surface area contributed by atoms with Gasteiger partial charge in [0.15, 0.2) is 5.82 Å². The Balaban J connectivity index is 1.63. The van der Waals surface area contributed by atoms with E-state index in [1.54, 1.807) is 33.4 Å². The summed E-state index contributed by atoms with van der Waals surface area (Å²) >= 11 is 1.66. The van der Waals surface area contributed by atoms with Crippen molar-refractivity contribution < 1.29 is 0 Å². The van der Waals surface area contributed by atoms with Crippen molar-refractivity contribution >= 4 is 33.1 Å². The van der Waals surface area contributed by atoms with Crippen molar-refractivity contribution in [2.75, 3.05) is 10.7 Å². The minimum absolute atomic E-state index is 0.509. The minimum atomic E-state index is 0.509. The number of aryl methyl sites for hydroxylation is 1. The van der Waals surface area contributed by atoms with E-state index >= 15 is 0 Å². The van der Waals surface area contributed by atoms with E-state index in [1.165, 1.54) is 0 Å². The van der Waals surface area contributed by atoms with Gasteiger partial charge in [0, 0.05) is 29.9 Å². The van der Waals surface area contributed by atoms with Crippen LogP contribution in [0.3, 0.4) is 0 Å². The maximum absolute atomic E-state index is 6.26. The molecule has 0 aliphatic heterocycles. The van der Waals surface area contributed by atoms with Crippen molar-refractivity contribution in [2.24, 2.45) is 12.9 Å². The summed E-state index contributed by atoms with van der Waals surface area (Å²) in [5.41, 5.74) is 9.30. The average Bonchev–Trinajstić information content (AvgIpc) is 3.20. The molecule has 0 aliphatic rings. The lowest BCUT2D eigenvalue weighted by Gasteiger charge is -2.19. The molecule has 4 rings (SSSR count). The fourth-order valence-electron chi connectivity index (χ4n) is 2.64. The van der Waals surface area contributed by atoms with E-state index in [0.717, 1.165) is 26.4 Å². The molecule has 7 nitrogen and oxygen atoms in total. The Labute approximate surface area is 148 Å². The van der Waals surface area contributed by atoms with Gasteiger partial charge in [-0.2, -0.15) is 5.10 Å². The minimum Gasteiger partial charge on any atom is -0.396 e. The Morgan fingerprint density at radius 3 is 2.92 bits per heavy atom. The molecule has 0 atom stereocenters. The van der Waals surface area contributed by atoms with Gasteiger partial charge in [-0.3, -0.25) is 14.7 Å². The monoisotopic (exact) mass is 351 g/mol. The summed E-state index contributed by atoms with van der Waals surface area (Å²) in [5.74, 6) is 6.81. The van der Waals surface area contributed by atoms with Crippen LogP contribution in [0.1, 0.15) is 4.88 Å². The van der Waals surface area contributed by atoms with Crippen molar-refractivity contribution in [2.45, 2.75) is 6.54 Å². The molecule has 0 spiro atoms. The van der Waals surface area contributed by atoms with Crippen molar-refractivity contribution in [1.82, 2.24) is 19.7 Å². The number of fused-ring (bicyclic) bond motifs is 1. The van der Waals surface area contributed by atoms with Gasteiger partial charge < -0.3 is 5.73 Å². The number of thiophene rings is 1. The lowest BCUT2D eigenvalue weighted by Crippen LogP contribution is -2.31. The molecule has 4 aromatic rings. The highest BCUT2D eigenvalue weighted by Crippen LogP contribution is 2.28. The molecule has 4 N–H and O–H groups in total. The summed E-state index contributed by atoms with van der Waals surface area (Å²) in [6, 6.07) is 9.71. The Morgan fingerprint density at radius 1 is 1.28 bits per heavy atom. The molecule has 0 amide bonds. The zero-order valence-corrected chi connectivity index (χ0v) is 14.4. The summed E-state index contributed by atoms with van der Waals surface area (Å²) in [7, 11) is 1.87. The summed E-state index contributed by atoms with van der Waals surface area (Å²) in [4.78, 5) is 10.1. The molecule has 126 valence electrons. The Bertz CT molecular complexity index is 1000. The number of hydrazine groups is 1. The van der Waals surface area contributed by atoms with Crippen LogP contribution in [0.5, 0.6) is 0 Å². The van der Waals surface area contributed by atoms with Gasteiger partial charge in [0.2, 0.25) is 0 Å². The van der Waals surface area contributed by atoms with E-state index < -0.39 is 0 Å². The molecule has 4 aromatic heterocycles. The second-order valence-corrected chi connectivity index (χ2v) is 6.91. The Hall–Kier alpha value is -2.97. The number of hydrogen-bond acceptors (Lipinski definition) is 7. The van der Waals surface area contributed by atoms with Crippen molar-refractivity contribution in [3.8, 4) is 11.3 Å². The second kappa shape index (κ2) is 6.15. The van der Waals surface area contributed by atoms with Crippen LogP contribution in [0.15, 0.2) is 48.9 Å². The van der Waals surface area contributed by atoms with Crippen LogP contribution in [0.4, 0.5) is 11.5 Å². The first-order chi connectivity index (χ1) is 12.1. The number of pyridine rings is 2. The summed E-state index contributed by atoms with van der Waals surface area (Å²) in [6.45, 7) is 0.509. The lowest BCUT2D eigenvalue weighted by molar-refractivity contribution is 0.768. The average molecular weight is 351 g/mol. The first kappa shape index (κ1) is 15.6. The molecule has 0 aliphatic carbocycles. The van der Waals surface area contributed by atoms with Gasteiger partial charge in [-0.25, -0.2) is 10.8 Å². The highest BCUT2D eigenvalue weighted by Gasteiger charge is 2.13. The van der Waals surface area contributed by atoms with E-state index in [9.17, 15) is 0 Å². The maximum atomic E-state index is 6.26. The molecule has 0 radical (unpaired) electrons. The fourth-order valence-corrected chi connectivity index (χ4v) is 3.66. The van der Waals surface area contributed by atoms with Crippen molar-refractivity contribution in [3.05, 3.63) is 53.8 Å².